The molecular weight excluding hydrogens is 121 g/mol. The second-order valence-corrected chi connectivity index (χ2v) is 2.57. The predicted octanol–water partition coefficient (Wildman–Crippen LogP) is -0.552. The Morgan fingerprint density at radius 1 is 1.10 bits per heavy atom. The normalized spacial score (nSPS) is 10.8. The van der Waals surface area contributed by atoms with Gasteiger partial charge < -0.3 is 17.2 Å². The molecule has 0 heterocycles. The van der Waals surface area contributed by atoms with Crippen LogP contribution in [0.1, 0.15) is 32.6 Å². The van der Waals surface area contributed by atoms with Crippen molar-refractivity contribution in [2.24, 2.45) is 17.2 Å². The van der Waals surface area contributed by atoms with Crippen molar-refractivity contribution in [3.8, 4) is 0 Å². The van der Waals surface area contributed by atoms with Gasteiger partial charge in [-0.1, -0.05) is 19.8 Å². The fourth-order valence-corrected chi connectivity index (χ4v) is 0.681. The van der Waals surface area contributed by atoms with E-state index in [9.17, 15) is 0 Å². The van der Waals surface area contributed by atoms with Gasteiger partial charge in [-0.25, -0.2) is 0 Å². The summed E-state index contributed by atoms with van der Waals surface area (Å²) >= 11 is 0. The molecule has 0 amide bonds. The van der Waals surface area contributed by atoms with Crippen molar-refractivity contribution < 1.29 is 0 Å². The van der Waals surface area contributed by atoms with Crippen LogP contribution >= 0.6 is 0 Å². The van der Waals surface area contributed by atoms with Crippen LogP contribution in [0.5, 0.6) is 0 Å². The Hall–Kier alpha value is 0.477. The van der Waals surface area contributed by atoms with Crippen LogP contribution in [0.25, 0.3) is 0 Å². The SMILES string of the molecule is CCCCCC(N)(N)N.[LiH]. The van der Waals surface area contributed by atoms with E-state index >= 15 is 0 Å². The molecule has 0 aliphatic carbocycles. The van der Waals surface area contributed by atoms with Gasteiger partial charge in [0.15, 0.2) is 0 Å². The van der Waals surface area contributed by atoms with Crippen molar-refractivity contribution in [1.82, 2.24) is 0 Å². The number of rotatable bonds is 4. The summed E-state index contributed by atoms with van der Waals surface area (Å²) in [6.07, 6.45) is 4.07. The molecule has 0 aromatic heterocycles. The van der Waals surface area contributed by atoms with Crippen LogP contribution in [0.15, 0.2) is 0 Å². The van der Waals surface area contributed by atoms with Crippen molar-refractivity contribution in [3.63, 3.8) is 0 Å². The van der Waals surface area contributed by atoms with Gasteiger partial charge in [-0.3, -0.25) is 0 Å². The average molecular weight is 139 g/mol. The van der Waals surface area contributed by atoms with Gasteiger partial charge in [0.25, 0.3) is 0 Å². The first-order valence-electron chi connectivity index (χ1n) is 3.43. The van der Waals surface area contributed by atoms with Gasteiger partial charge in [0.05, 0.1) is 0 Å². The topological polar surface area (TPSA) is 78.1 Å². The molecule has 0 atom stereocenters. The van der Waals surface area contributed by atoms with E-state index in [-0.39, 0.29) is 18.9 Å². The standard InChI is InChI=1S/C6H17N3.Li.H/c1-2-3-4-5-6(7,8)9;;/h2-5,7-9H2,1H3;;. The molecule has 58 valence electrons. The summed E-state index contributed by atoms with van der Waals surface area (Å²) < 4.78 is 0. The molecular formula is C6H18LiN3. The maximum atomic E-state index is 5.33. The van der Waals surface area contributed by atoms with E-state index in [4.69, 9.17) is 17.2 Å². The van der Waals surface area contributed by atoms with Crippen LogP contribution < -0.4 is 17.2 Å². The summed E-state index contributed by atoms with van der Waals surface area (Å²) in [5.41, 5.74) is 16.0. The Labute approximate surface area is 74.9 Å². The maximum absolute atomic E-state index is 5.33. The van der Waals surface area contributed by atoms with Gasteiger partial charge in [-0.05, 0) is 12.8 Å². The summed E-state index contributed by atoms with van der Waals surface area (Å²) in [7, 11) is 0. The number of hydrogen-bond acceptors (Lipinski definition) is 3. The van der Waals surface area contributed by atoms with Crippen molar-refractivity contribution in [2.75, 3.05) is 0 Å². The molecule has 0 spiro atoms. The molecule has 0 radical (unpaired) electrons. The van der Waals surface area contributed by atoms with Crippen molar-refractivity contribution in [2.45, 2.75) is 38.4 Å². The van der Waals surface area contributed by atoms with Gasteiger partial charge in [-0.15, -0.1) is 0 Å². The summed E-state index contributed by atoms with van der Waals surface area (Å²) in [5.74, 6) is -0.949. The second kappa shape index (κ2) is 6.20. The third-order valence-electron chi connectivity index (χ3n) is 1.21. The predicted molar refractivity (Wildman–Crippen MR) is 46.6 cm³/mol. The number of nitrogens with two attached hydrogens (primary N) is 3. The molecule has 0 saturated heterocycles. The summed E-state index contributed by atoms with van der Waals surface area (Å²) in [5, 5.41) is 0. The quantitative estimate of drug-likeness (QED) is 0.278. The van der Waals surface area contributed by atoms with Crippen LogP contribution in [0, 0.1) is 0 Å². The molecule has 0 aliphatic heterocycles. The van der Waals surface area contributed by atoms with E-state index in [1.165, 1.54) is 6.42 Å². The molecule has 0 rings (SSSR count). The van der Waals surface area contributed by atoms with Gasteiger partial charge in [0, 0.05) is 0 Å². The summed E-state index contributed by atoms with van der Waals surface area (Å²) in [6.45, 7) is 2.13. The van der Waals surface area contributed by atoms with Crippen molar-refractivity contribution in [3.05, 3.63) is 0 Å². The first-order valence-corrected chi connectivity index (χ1v) is 3.43. The molecule has 3 nitrogen and oxygen atoms in total. The Morgan fingerprint density at radius 2 is 1.60 bits per heavy atom. The Kier molecular flexibility index (Phi) is 8.12. The number of hydrogen-bond donors (Lipinski definition) is 3. The zero-order chi connectivity index (χ0) is 7.33. The molecule has 0 saturated carbocycles. The molecule has 0 bridgehead atoms. The third-order valence-corrected chi connectivity index (χ3v) is 1.21. The fraction of sp³-hybridized carbons (Fsp3) is 1.00. The van der Waals surface area contributed by atoms with Gasteiger partial charge in [0.1, 0.15) is 5.79 Å². The van der Waals surface area contributed by atoms with Crippen molar-refractivity contribution >= 4 is 18.9 Å². The number of unbranched alkanes of at least 4 members (excludes halogenated alkanes) is 2. The molecule has 10 heavy (non-hydrogen) atoms. The first-order chi connectivity index (χ1) is 4.06. The molecule has 0 fully saturated rings. The fourth-order valence-electron chi connectivity index (χ4n) is 0.681. The minimum atomic E-state index is -0.949. The Morgan fingerprint density at radius 3 is 1.90 bits per heavy atom. The monoisotopic (exact) mass is 139 g/mol. The van der Waals surface area contributed by atoms with Crippen molar-refractivity contribution in [1.29, 1.82) is 0 Å². The zero-order valence-electron chi connectivity index (χ0n) is 6.06. The van der Waals surface area contributed by atoms with Crippen LogP contribution in [-0.2, 0) is 0 Å². The van der Waals surface area contributed by atoms with E-state index in [0.29, 0.717) is 6.42 Å². The third kappa shape index (κ3) is 11.3. The molecule has 0 unspecified atom stereocenters. The van der Waals surface area contributed by atoms with Crippen LogP contribution in [0.2, 0.25) is 0 Å². The van der Waals surface area contributed by atoms with E-state index in [1.807, 2.05) is 0 Å². The molecule has 4 heteroatoms. The van der Waals surface area contributed by atoms with E-state index in [1.54, 1.807) is 0 Å². The molecule has 0 aliphatic rings. The summed E-state index contributed by atoms with van der Waals surface area (Å²) in [6, 6.07) is 0. The second-order valence-electron chi connectivity index (χ2n) is 2.57. The van der Waals surface area contributed by atoms with Gasteiger partial charge in [0.2, 0.25) is 0 Å². The Bertz CT molecular complexity index is 69.9. The van der Waals surface area contributed by atoms with Crippen LogP contribution in [0.4, 0.5) is 0 Å². The minimum absolute atomic E-state index is 0. The van der Waals surface area contributed by atoms with E-state index < -0.39 is 5.79 Å². The van der Waals surface area contributed by atoms with Gasteiger partial charge >= 0.3 is 18.9 Å². The molecule has 6 N–H and O–H groups in total. The first kappa shape index (κ1) is 13.1. The average Bonchev–Trinajstić information content (AvgIpc) is 1.63. The van der Waals surface area contributed by atoms with E-state index in [2.05, 4.69) is 6.92 Å². The van der Waals surface area contributed by atoms with E-state index in [0.717, 1.165) is 12.8 Å². The zero-order valence-corrected chi connectivity index (χ0v) is 6.06. The molecule has 0 aromatic carbocycles. The summed E-state index contributed by atoms with van der Waals surface area (Å²) in [4.78, 5) is 0. The van der Waals surface area contributed by atoms with Crippen LogP contribution in [0.3, 0.4) is 0 Å². The van der Waals surface area contributed by atoms with Crippen LogP contribution in [-0.4, -0.2) is 24.6 Å². The Balaban J connectivity index is 0. The van der Waals surface area contributed by atoms with Gasteiger partial charge in [-0.2, -0.15) is 0 Å². The molecule has 0 aromatic rings.